The highest BCUT2D eigenvalue weighted by Crippen LogP contribution is 2.24. The Kier molecular flexibility index (Phi) is 22.9. The number of aliphatic hydroxyl groups excluding tert-OH is 3. The van der Waals surface area contributed by atoms with Crippen LogP contribution >= 0.6 is 46.0 Å². The minimum absolute atomic E-state index is 0.0255. The summed E-state index contributed by atoms with van der Waals surface area (Å²) in [4.78, 5) is 23.4. The predicted octanol–water partition coefficient (Wildman–Crippen LogP) is 1.28. The molecule has 14 heteroatoms. The summed E-state index contributed by atoms with van der Waals surface area (Å²) in [5, 5.41) is 35.0. The van der Waals surface area contributed by atoms with Gasteiger partial charge in [0.05, 0.1) is 25.4 Å². The van der Waals surface area contributed by atoms with Gasteiger partial charge in [-0.25, -0.2) is 0 Å². The minimum Gasteiger partial charge on any atom is -0.394 e. The van der Waals surface area contributed by atoms with E-state index >= 15 is 0 Å². The molecule has 2 amide bonds. The molecule has 0 aromatic heterocycles. The number of hydrogen-bond donors (Lipinski definition) is 6. The van der Waals surface area contributed by atoms with Crippen molar-refractivity contribution in [3.63, 3.8) is 0 Å². The molecule has 2 aliphatic heterocycles. The molecule has 220 valence electrons. The summed E-state index contributed by atoms with van der Waals surface area (Å²) in [7, 11) is 0. The lowest BCUT2D eigenvalue weighted by Crippen LogP contribution is -2.64. The molecule has 2 fully saturated rings. The third-order valence-electron chi connectivity index (χ3n) is 5.80. The first-order valence-electron chi connectivity index (χ1n) is 12.7. The van der Waals surface area contributed by atoms with Crippen LogP contribution in [0, 0.1) is 0 Å². The molecular formula is C23H44I2N2O10. The second-order valence-corrected chi connectivity index (χ2v) is 9.11. The van der Waals surface area contributed by atoms with Gasteiger partial charge in [-0.2, -0.15) is 0 Å². The Balaban J connectivity index is 0.00000308. The van der Waals surface area contributed by atoms with Crippen molar-refractivity contribution < 1.29 is 45.6 Å². The van der Waals surface area contributed by atoms with E-state index in [4.69, 9.17) is 20.7 Å². The van der Waals surface area contributed by atoms with Crippen molar-refractivity contribution in [1.82, 2.24) is 10.6 Å². The Morgan fingerprint density at radius 1 is 1.03 bits per heavy atom. The summed E-state index contributed by atoms with van der Waals surface area (Å²) in [5.41, 5.74) is 0. The molecule has 0 radical (unpaired) electrons. The first kappa shape index (κ1) is 37.1. The number of carbonyl (C=O) groups excluding carboxylic acids is 2. The topological polar surface area (TPSA) is 176 Å². The quantitative estimate of drug-likeness (QED) is 0.112. The van der Waals surface area contributed by atoms with Gasteiger partial charge in [0.25, 0.3) is 0 Å². The Bertz CT molecular complexity index is 608. The molecule has 0 aliphatic carbocycles. The maximum absolute atomic E-state index is 12.0. The van der Waals surface area contributed by atoms with Crippen LogP contribution in [0.4, 0.5) is 0 Å². The van der Waals surface area contributed by atoms with E-state index in [0.717, 1.165) is 48.7 Å². The van der Waals surface area contributed by atoms with Gasteiger partial charge < -0.3 is 46.7 Å². The van der Waals surface area contributed by atoms with E-state index in [1.807, 2.05) is 36.9 Å². The molecule has 2 heterocycles. The lowest BCUT2D eigenvalue weighted by Gasteiger charge is -2.42. The van der Waals surface area contributed by atoms with Crippen molar-refractivity contribution >= 4 is 57.8 Å². The van der Waals surface area contributed by atoms with Crippen molar-refractivity contribution in [1.29, 1.82) is 0 Å². The first-order chi connectivity index (χ1) is 17.8. The number of aliphatic hydroxyl groups is 3. The average molecular weight is 762 g/mol. The van der Waals surface area contributed by atoms with Gasteiger partial charge in [0.1, 0.15) is 70.4 Å². The van der Waals surface area contributed by atoms with E-state index in [1.54, 1.807) is 0 Å². The fraction of sp³-hybridized carbons (Fsp3) is 0.913. The Hall–Kier alpha value is 0.0800. The molecule has 6 N–H and O–H groups in total. The molecule has 2 aliphatic rings. The van der Waals surface area contributed by atoms with Crippen molar-refractivity contribution in [2.75, 3.05) is 26.4 Å². The predicted molar refractivity (Wildman–Crippen MR) is 153 cm³/mol. The Morgan fingerprint density at radius 2 is 1.70 bits per heavy atom. The molecule has 0 aromatic rings. The smallest absolute Gasteiger partial charge is 0.219 e. The normalized spacial score (nSPS) is 28.8. The minimum atomic E-state index is -1.35. The van der Waals surface area contributed by atoms with E-state index in [0.29, 0.717) is 32.4 Å². The van der Waals surface area contributed by atoms with Crippen LogP contribution in [-0.2, 0) is 26.9 Å². The van der Waals surface area contributed by atoms with Crippen LogP contribution < -0.4 is 10.6 Å². The highest BCUT2D eigenvalue weighted by atomic mass is 127. The lowest BCUT2D eigenvalue weighted by atomic mass is 9.97. The molecular weight excluding hydrogens is 718 g/mol. The molecule has 12 nitrogen and oxygen atoms in total. The Labute approximate surface area is 247 Å². The number of unbranched alkanes of at least 4 members (excludes halogenated alkanes) is 1. The summed E-state index contributed by atoms with van der Waals surface area (Å²) in [6.45, 7) is 6.25. The van der Waals surface area contributed by atoms with Crippen molar-refractivity contribution in [2.24, 2.45) is 0 Å². The van der Waals surface area contributed by atoms with Gasteiger partial charge in [-0.05, 0) is 38.5 Å². The molecule has 0 bridgehead atoms. The van der Waals surface area contributed by atoms with Gasteiger partial charge in [0.15, 0.2) is 6.29 Å². The summed E-state index contributed by atoms with van der Waals surface area (Å²) in [6, 6.07) is -0.961. The van der Waals surface area contributed by atoms with Gasteiger partial charge in [0, 0.05) is 26.5 Å². The zero-order chi connectivity index (χ0) is 28.2. The van der Waals surface area contributed by atoms with Crippen molar-refractivity contribution in [3.05, 3.63) is 0 Å². The number of ether oxygens (including phenoxy) is 3. The number of rotatable bonds is 14. The zero-order valence-electron chi connectivity index (χ0n) is 21.8. The third kappa shape index (κ3) is 14.9. The van der Waals surface area contributed by atoms with Crippen LogP contribution in [0.25, 0.3) is 0 Å². The molecule has 0 aromatic carbocycles. The van der Waals surface area contributed by atoms with Crippen LogP contribution in [0.1, 0.15) is 65.7 Å². The third-order valence-corrected chi connectivity index (χ3v) is 6.16. The standard InChI is InChI=1S/C21H37IN2O9.C2H6.HIO/c1-13(26)24-18-20(29)19(28)16(11-25)33-21(18)30-10-3-2-6-17(27)23-9-4-5-14-7-8-15(32-14)12-31-22;2*1-2/h14-16,18-21,25,28-29H,2-12H2,1H3,(H,23,27)(H,24,26);1-2H3;2H/t14-,15-,16?,18?,19?,20?,21?;;/m0../s1. The van der Waals surface area contributed by atoms with Crippen LogP contribution in [0.2, 0.25) is 0 Å². The molecule has 2 rings (SSSR count). The highest BCUT2D eigenvalue weighted by molar-refractivity contribution is 14.1. The Morgan fingerprint density at radius 3 is 2.32 bits per heavy atom. The fourth-order valence-electron chi connectivity index (χ4n) is 4.03. The number of amides is 2. The number of hydrogen-bond acceptors (Lipinski definition) is 10. The molecule has 0 spiro atoms. The SMILES string of the molecule is CC.CC(=O)NC1C(OCCCCC(=O)NCCC[C@H]2CC[C@@H](COI)O2)OC(CO)C(O)C1O.OI. The lowest BCUT2D eigenvalue weighted by molar-refractivity contribution is -0.270. The second-order valence-electron chi connectivity index (χ2n) is 8.49. The van der Waals surface area contributed by atoms with E-state index < -0.39 is 43.2 Å². The van der Waals surface area contributed by atoms with Crippen molar-refractivity contribution in [3.8, 4) is 0 Å². The largest absolute Gasteiger partial charge is 0.394 e. The first-order valence-corrected chi connectivity index (χ1v) is 14.5. The monoisotopic (exact) mass is 762 g/mol. The second kappa shape index (κ2) is 22.9. The van der Waals surface area contributed by atoms with E-state index in [-0.39, 0.29) is 24.7 Å². The zero-order valence-corrected chi connectivity index (χ0v) is 26.1. The van der Waals surface area contributed by atoms with Gasteiger partial charge in [-0.15, -0.1) is 0 Å². The molecule has 7 atom stereocenters. The molecule has 2 saturated heterocycles. The number of halogens is 2. The summed E-state index contributed by atoms with van der Waals surface area (Å²) >= 11 is 3.03. The summed E-state index contributed by atoms with van der Waals surface area (Å²) in [5.74, 6) is -0.431. The van der Waals surface area contributed by atoms with Gasteiger partial charge >= 0.3 is 0 Å². The molecule has 5 unspecified atom stereocenters. The van der Waals surface area contributed by atoms with E-state index in [2.05, 4.69) is 10.6 Å². The van der Waals surface area contributed by atoms with Crippen LogP contribution in [0.3, 0.4) is 0 Å². The summed E-state index contributed by atoms with van der Waals surface area (Å²) in [6.07, 6.45) is 1.06. The van der Waals surface area contributed by atoms with Gasteiger partial charge in [0.2, 0.25) is 11.8 Å². The molecule has 37 heavy (non-hydrogen) atoms. The van der Waals surface area contributed by atoms with E-state index in [1.165, 1.54) is 6.92 Å². The van der Waals surface area contributed by atoms with Crippen LogP contribution in [0.15, 0.2) is 0 Å². The summed E-state index contributed by atoms with van der Waals surface area (Å²) < 4.78 is 29.1. The fourth-order valence-corrected chi connectivity index (χ4v) is 4.43. The number of carbonyl (C=O) groups is 2. The van der Waals surface area contributed by atoms with Crippen molar-refractivity contribution in [2.45, 2.75) is 109 Å². The van der Waals surface area contributed by atoms with Crippen LogP contribution in [0.5, 0.6) is 0 Å². The van der Waals surface area contributed by atoms with E-state index in [9.17, 15) is 24.9 Å². The molecule has 0 saturated carbocycles. The van der Waals surface area contributed by atoms with Gasteiger partial charge in [-0.1, -0.05) is 13.8 Å². The van der Waals surface area contributed by atoms with Crippen LogP contribution in [-0.4, -0.2) is 99.8 Å². The number of nitrogens with one attached hydrogen (secondary N) is 2. The van der Waals surface area contributed by atoms with Gasteiger partial charge in [-0.3, -0.25) is 9.59 Å². The average Bonchev–Trinajstić information content (AvgIpc) is 3.35. The maximum atomic E-state index is 12.0. The highest BCUT2D eigenvalue weighted by Gasteiger charge is 2.45. The maximum Gasteiger partial charge on any atom is 0.219 e.